The summed E-state index contributed by atoms with van der Waals surface area (Å²) in [6, 6.07) is 79.5. The first-order valence-electron chi connectivity index (χ1n) is 19.3. The van der Waals surface area contributed by atoms with E-state index >= 15 is 0 Å². The lowest BCUT2D eigenvalue weighted by Gasteiger charge is -2.28. The molecule has 0 aliphatic rings. The van der Waals surface area contributed by atoms with Crippen LogP contribution in [-0.2, 0) is 0 Å². The molecule has 2 heteroatoms. The van der Waals surface area contributed by atoms with Crippen LogP contribution in [0, 0.1) is 0 Å². The van der Waals surface area contributed by atoms with Crippen LogP contribution in [0.1, 0.15) is 0 Å². The number of rotatable bonds is 6. The third kappa shape index (κ3) is 5.19. The monoisotopic (exact) mass is 712 g/mol. The summed E-state index contributed by atoms with van der Waals surface area (Å²) in [7, 11) is 0. The van der Waals surface area contributed by atoms with Crippen molar-refractivity contribution in [3.63, 3.8) is 0 Å². The molecule has 0 saturated carbocycles. The Morgan fingerprint density at radius 2 is 0.982 bits per heavy atom. The Morgan fingerprint density at radius 3 is 1.80 bits per heavy atom. The lowest BCUT2D eigenvalue weighted by Crippen LogP contribution is -2.12. The Labute approximate surface area is 325 Å². The van der Waals surface area contributed by atoms with Gasteiger partial charge in [0.2, 0.25) is 0 Å². The van der Waals surface area contributed by atoms with Crippen LogP contribution in [0.5, 0.6) is 0 Å². The van der Waals surface area contributed by atoms with E-state index in [0.29, 0.717) is 0 Å². The summed E-state index contributed by atoms with van der Waals surface area (Å²) in [5.41, 5.74) is 11.6. The fourth-order valence-corrected chi connectivity index (χ4v) is 8.81. The molecule has 0 radical (unpaired) electrons. The molecule has 262 valence electrons. The van der Waals surface area contributed by atoms with E-state index < -0.39 is 0 Å². The van der Waals surface area contributed by atoms with Gasteiger partial charge < -0.3 is 9.47 Å². The quantitative estimate of drug-likeness (QED) is 0.156. The van der Waals surface area contributed by atoms with E-state index in [1.54, 1.807) is 0 Å². The first kappa shape index (κ1) is 32.0. The van der Waals surface area contributed by atoms with Crippen LogP contribution < -0.4 is 4.90 Å². The highest BCUT2D eigenvalue weighted by Crippen LogP contribution is 2.45. The molecule has 0 atom stereocenters. The van der Waals surface area contributed by atoms with Crippen molar-refractivity contribution in [3.8, 4) is 27.9 Å². The summed E-state index contributed by atoms with van der Waals surface area (Å²) < 4.78 is 2.43. The number of anilines is 3. The minimum atomic E-state index is 1.09. The van der Waals surface area contributed by atoms with Gasteiger partial charge in [0.1, 0.15) is 0 Å². The Bertz CT molecular complexity index is 3230. The first-order valence-corrected chi connectivity index (χ1v) is 19.3. The number of nitrogens with zero attached hydrogens (tertiary/aromatic N) is 2. The molecule has 2 nitrogen and oxygen atoms in total. The molecule has 1 aromatic heterocycles. The molecule has 1 heterocycles. The molecule has 0 aliphatic carbocycles. The molecule has 0 fully saturated rings. The van der Waals surface area contributed by atoms with Crippen LogP contribution >= 0.6 is 0 Å². The minimum absolute atomic E-state index is 1.09. The van der Waals surface area contributed by atoms with E-state index in [1.807, 2.05) is 0 Å². The number of aromatic nitrogens is 1. The Balaban J connectivity index is 1.16. The van der Waals surface area contributed by atoms with Gasteiger partial charge in [0.15, 0.2) is 0 Å². The summed E-state index contributed by atoms with van der Waals surface area (Å²) in [5.74, 6) is 0. The van der Waals surface area contributed by atoms with Gasteiger partial charge in [0.25, 0.3) is 0 Å². The van der Waals surface area contributed by atoms with Crippen molar-refractivity contribution < 1.29 is 0 Å². The highest BCUT2D eigenvalue weighted by atomic mass is 15.2. The molecule has 0 unspecified atom stereocenters. The van der Waals surface area contributed by atoms with Crippen LogP contribution in [0.25, 0.3) is 82.1 Å². The maximum atomic E-state index is 2.44. The standard InChI is InChI=1S/C54H36N2/c1-3-15-37(16-4-1)40-19-13-22-44(35-40)55(52-28-14-26-49-47-25-11-12-27-51(47)56(54(49)52)42-20-5-2-6-21-42)43-32-29-39(30-33-43)50-36-41-18-8-9-23-45(41)48-34-31-38-17-7-10-24-46(38)53(48)50/h1-36H. The van der Waals surface area contributed by atoms with Crippen LogP contribution in [0.15, 0.2) is 218 Å². The SMILES string of the molecule is c1ccc(-c2cccc(N(c3ccc(-c4cc5ccccc5c5ccc6ccccc6c45)cc3)c3cccc4c5ccccc5n(-c5ccccc5)c34)c2)cc1. The summed E-state index contributed by atoms with van der Waals surface area (Å²) in [6.07, 6.45) is 0. The highest BCUT2D eigenvalue weighted by Gasteiger charge is 2.22. The molecular formula is C54H36N2. The van der Waals surface area contributed by atoms with Crippen molar-refractivity contribution in [1.29, 1.82) is 0 Å². The lowest BCUT2D eigenvalue weighted by molar-refractivity contribution is 1.17. The van der Waals surface area contributed by atoms with Crippen LogP contribution in [0.4, 0.5) is 17.1 Å². The van der Waals surface area contributed by atoms with E-state index in [2.05, 4.69) is 228 Å². The molecule has 0 aliphatic heterocycles. The zero-order valence-corrected chi connectivity index (χ0v) is 30.7. The topological polar surface area (TPSA) is 8.17 Å². The summed E-state index contributed by atoms with van der Waals surface area (Å²) >= 11 is 0. The Kier molecular flexibility index (Phi) is 7.53. The number of hydrogen-bond acceptors (Lipinski definition) is 1. The van der Waals surface area contributed by atoms with E-state index in [9.17, 15) is 0 Å². The second-order valence-corrected chi connectivity index (χ2v) is 14.5. The van der Waals surface area contributed by atoms with E-state index in [1.165, 1.54) is 76.4 Å². The smallest absolute Gasteiger partial charge is 0.0782 e. The van der Waals surface area contributed by atoms with Gasteiger partial charge in [-0.05, 0) is 109 Å². The van der Waals surface area contributed by atoms with Crippen molar-refractivity contribution in [3.05, 3.63) is 218 Å². The van der Waals surface area contributed by atoms with Gasteiger partial charge >= 0.3 is 0 Å². The van der Waals surface area contributed by atoms with E-state index in [0.717, 1.165) is 22.7 Å². The molecule has 56 heavy (non-hydrogen) atoms. The number of fused-ring (bicyclic) bond motifs is 8. The fourth-order valence-electron chi connectivity index (χ4n) is 8.81. The van der Waals surface area contributed by atoms with Crippen LogP contribution in [-0.4, -0.2) is 4.57 Å². The average Bonchev–Trinajstić information content (AvgIpc) is 3.62. The molecule has 0 N–H and O–H groups in total. The van der Waals surface area contributed by atoms with E-state index in [-0.39, 0.29) is 0 Å². The lowest BCUT2D eigenvalue weighted by atomic mass is 9.90. The van der Waals surface area contributed by atoms with Gasteiger partial charge in [-0.1, -0.05) is 164 Å². The zero-order valence-electron chi connectivity index (χ0n) is 30.7. The zero-order chi connectivity index (χ0) is 37.0. The molecule has 0 bridgehead atoms. The predicted molar refractivity (Wildman–Crippen MR) is 239 cm³/mol. The third-order valence-electron chi connectivity index (χ3n) is 11.3. The normalized spacial score (nSPS) is 11.6. The van der Waals surface area contributed by atoms with Gasteiger partial charge in [-0.25, -0.2) is 0 Å². The largest absolute Gasteiger partial charge is 0.308 e. The van der Waals surface area contributed by atoms with Gasteiger partial charge in [-0.2, -0.15) is 0 Å². The third-order valence-corrected chi connectivity index (χ3v) is 11.3. The van der Waals surface area contributed by atoms with Crippen molar-refractivity contribution >= 4 is 71.2 Å². The van der Waals surface area contributed by atoms with Gasteiger partial charge in [0, 0.05) is 27.8 Å². The van der Waals surface area contributed by atoms with Crippen molar-refractivity contribution in [1.82, 2.24) is 4.57 Å². The summed E-state index contributed by atoms with van der Waals surface area (Å²) in [5, 5.41) is 10.1. The molecule has 11 aromatic rings. The molecular weight excluding hydrogens is 677 g/mol. The van der Waals surface area contributed by atoms with Gasteiger partial charge in [-0.15, -0.1) is 0 Å². The second kappa shape index (κ2) is 13.2. The summed E-state index contributed by atoms with van der Waals surface area (Å²) in [4.78, 5) is 2.44. The number of benzene rings is 10. The average molecular weight is 713 g/mol. The number of hydrogen-bond donors (Lipinski definition) is 0. The Hall–Kier alpha value is -7.42. The highest BCUT2D eigenvalue weighted by molar-refractivity contribution is 6.23. The van der Waals surface area contributed by atoms with Crippen molar-refractivity contribution in [2.24, 2.45) is 0 Å². The first-order chi connectivity index (χ1) is 27.8. The minimum Gasteiger partial charge on any atom is -0.308 e. The molecule has 10 aromatic carbocycles. The molecule has 11 rings (SSSR count). The van der Waals surface area contributed by atoms with Crippen LogP contribution in [0.2, 0.25) is 0 Å². The maximum absolute atomic E-state index is 2.44. The Morgan fingerprint density at radius 1 is 0.339 bits per heavy atom. The molecule has 0 saturated heterocycles. The maximum Gasteiger partial charge on any atom is 0.0782 e. The van der Waals surface area contributed by atoms with Gasteiger partial charge in [-0.3, -0.25) is 0 Å². The predicted octanol–water partition coefficient (Wildman–Crippen LogP) is 15.0. The summed E-state index contributed by atoms with van der Waals surface area (Å²) in [6.45, 7) is 0. The second-order valence-electron chi connectivity index (χ2n) is 14.5. The van der Waals surface area contributed by atoms with E-state index in [4.69, 9.17) is 0 Å². The molecule has 0 amide bonds. The van der Waals surface area contributed by atoms with Crippen molar-refractivity contribution in [2.45, 2.75) is 0 Å². The van der Waals surface area contributed by atoms with Crippen molar-refractivity contribution in [2.75, 3.05) is 4.90 Å². The number of para-hydroxylation sites is 3. The fraction of sp³-hybridized carbons (Fsp3) is 0. The van der Waals surface area contributed by atoms with Gasteiger partial charge in [0.05, 0.1) is 16.7 Å². The van der Waals surface area contributed by atoms with Crippen LogP contribution in [0.3, 0.4) is 0 Å². The molecule has 0 spiro atoms.